The summed E-state index contributed by atoms with van der Waals surface area (Å²) >= 11 is 0. The van der Waals surface area contributed by atoms with Crippen LogP contribution in [-0.4, -0.2) is 60.7 Å². The molecule has 2 aliphatic rings. The summed E-state index contributed by atoms with van der Waals surface area (Å²) < 4.78 is 23.2. The lowest BCUT2D eigenvalue weighted by Gasteiger charge is -2.40. The number of hydrogen-bond donors (Lipinski definition) is 2. The van der Waals surface area contributed by atoms with Crippen LogP contribution in [0.15, 0.2) is 5.11 Å². The van der Waals surface area contributed by atoms with Gasteiger partial charge in [-0.1, -0.05) is 25.9 Å². The Morgan fingerprint density at radius 1 is 1.19 bits per heavy atom. The molecule has 10 heteroatoms. The molecule has 2 saturated heterocycles. The zero-order valence-corrected chi connectivity index (χ0v) is 17.8. The molecule has 2 rings (SSSR count). The first-order valence-corrected chi connectivity index (χ1v) is 11.6. The number of ether oxygens (including phenoxy) is 3. The van der Waals surface area contributed by atoms with Crippen LogP contribution < -0.4 is 0 Å². The van der Waals surface area contributed by atoms with Crippen molar-refractivity contribution in [3.05, 3.63) is 10.4 Å². The van der Waals surface area contributed by atoms with E-state index in [4.69, 9.17) is 24.2 Å². The molecule has 5 atom stereocenters. The van der Waals surface area contributed by atoms with Crippen molar-refractivity contribution in [2.45, 2.75) is 95.3 Å². The fourth-order valence-corrected chi connectivity index (χ4v) is 3.93. The number of aliphatic hydroxyl groups is 2. The fraction of sp³-hybridized carbons (Fsp3) is 1.00. The van der Waals surface area contributed by atoms with E-state index in [9.17, 15) is 10.2 Å². The Morgan fingerprint density at radius 2 is 1.77 bits per heavy atom. The van der Waals surface area contributed by atoms with Gasteiger partial charge in [0.25, 0.3) is 0 Å². The van der Waals surface area contributed by atoms with Crippen LogP contribution in [0.1, 0.15) is 41.5 Å². The lowest BCUT2D eigenvalue weighted by molar-refractivity contribution is -0.286. The van der Waals surface area contributed by atoms with Gasteiger partial charge in [-0.3, -0.25) is 0 Å². The lowest BCUT2D eigenvalue weighted by Crippen LogP contribution is -2.54. The molecule has 1 unspecified atom stereocenters. The molecule has 0 bridgehead atoms. The average molecular weight is 390 g/mol. The maximum absolute atomic E-state index is 11.1. The Hall–Kier alpha value is -0.713. The van der Waals surface area contributed by atoms with Gasteiger partial charge in [-0.25, -0.2) is 0 Å². The number of nitrogens with zero attached hydrogens (tertiary/aromatic N) is 3. The molecule has 0 aromatic heterocycles. The molecule has 0 saturated carbocycles. The van der Waals surface area contributed by atoms with Crippen molar-refractivity contribution in [2.75, 3.05) is 6.61 Å². The zero-order valence-electron chi connectivity index (χ0n) is 16.8. The quantitative estimate of drug-likeness (QED) is 0.322. The fourth-order valence-electron chi connectivity index (χ4n) is 2.92. The summed E-state index contributed by atoms with van der Waals surface area (Å²) in [6, 6.07) is 0. The maximum Gasteiger partial charge on any atom is 0.194 e. The standard InChI is InChI=1S/C16H31N3O6Si/c1-13(2,3)26(7,8)22-9-16(21,18-19-17)12-10-11(15(6,20)25-12)24-14(4,5)23-10/h10-12,20-21H,9H2,1-8H3/t10-,11+,12+,15?,16-/m1/s1. The van der Waals surface area contributed by atoms with Crippen LogP contribution in [0.3, 0.4) is 0 Å². The Kier molecular flexibility index (Phi) is 5.33. The summed E-state index contributed by atoms with van der Waals surface area (Å²) in [7, 11) is -2.23. The largest absolute Gasteiger partial charge is 0.414 e. The first kappa shape index (κ1) is 21.6. The van der Waals surface area contributed by atoms with Gasteiger partial charge in [0.1, 0.15) is 18.3 Å². The van der Waals surface area contributed by atoms with E-state index in [0.717, 1.165) is 0 Å². The van der Waals surface area contributed by atoms with Crippen molar-refractivity contribution in [1.29, 1.82) is 0 Å². The van der Waals surface area contributed by atoms with E-state index in [0.29, 0.717) is 0 Å². The van der Waals surface area contributed by atoms with Gasteiger partial charge in [-0.15, -0.1) is 0 Å². The molecule has 26 heavy (non-hydrogen) atoms. The topological polar surface area (TPSA) is 126 Å². The highest BCUT2D eigenvalue weighted by Gasteiger charge is 2.65. The first-order valence-electron chi connectivity index (χ1n) is 8.73. The number of fused-ring (bicyclic) bond motifs is 1. The maximum atomic E-state index is 11.1. The molecular weight excluding hydrogens is 358 g/mol. The minimum Gasteiger partial charge on any atom is -0.414 e. The highest BCUT2D eigenvalue weighted by molar-refractivity contribution is 6.74. The second-order valence-corrected chi connectivity index (χ2v) is 14.0. The molecule has 2 aliphatic heterocycles. The molecule has 2 fully saturated rings. The Balaban J connectivity index is 2.30. The van der Waals surface area contributed by atoms with Crippen molar-refractivity contribution in [1.82, 2.24) is 0 Å². The molecule has 0 radical (unpaired) electrons. The van der Waals surface area contributed by atoms with E-state index >= 15 is 0 Å². The molecule has 2 heterocycles. The van der Waals surface area contributed by atoms with Gasteiger partial charge >= 0.3 is 0 Å². The SMILES string of the molecule is CC1(C)O[C@@H]2[C@H](O1)C(C)(O)O[C@@H]2[C@](O)(CO[Si](C)(C)C(C)(C)C)N=[N+]=[N-]. The smallest absolute Gasteiger partial charge is 0.194 e. The van der Waals surface area contributed by atoms with E-state index < -0.39 is 43.9 Å². The number of hydrogen-bond acceptors (Lipinski definition) is 7. The van der Waals surface area contributed by atoms with Gasteiger partial charge in [-0.2, -0.15) is 0 Å². The Morgan fingerprint density at radius 3 is 2.27 bits per heavy atom. The van der Waals surface area contributed by atoms with Crippen LogP contribution >= 0.6 is 0 Å². The van der Waals surface area contributed by atoms with Crippen molar-refractivity contribution in [3.63, 3.8) is 0 Å². The lowest BCUT2D eigenvalue weighted by atomic mass is 9.99. The molecule has 0 aliphatic carbocycles. The van der Waals surface area contributed by atoms with E-state index in [-0.39, 0.29) is 11.6 Å². The second-order valence-electron chi connectivity index (χ2n) is 9.23. The molecule has 9 nitrogen and oxygen atoms in total. The third-order valence-corrected chi connectivity index (χ3v) is 9.92. The van der Waals surface area contributed by atoms with Crippen LogP contribution in [0.5, 0.6) is 0 Å². The molecule has 150 valence electrons. The molecule has 0 aromatic rings. The normalized spacial score (nSPS) is 36.3. The van der Waals surface area contributed by atoms with Gasteiger partial charge in [0.15, 0.2) is 25.6 Å². The van der Waals surface area contributed by atoms with Crippen LogP contribution in [-0.2, 0) is 18.6 Å². The van der Waals surface area contributed by atoms with Gasteiger partial charge in [0, 0.05) is 4.91 Å². The van der Waals surface area contributed by atoms with E-state index in [1.165, 1.54) is 6.92 Å². The van der Waals surface area contributed by atoms with Crippen LogP contribution in [0, 0.1) is 0 Å². The third-order valence-electron chi connectivity index (χ3n) is 5.45. The van der Waals surface area contributed by atoms with Crippen LogP contribution in [0.25, 0.3) is 10.4 Å². The van der Waals surface area contributed by atoms with Gasteiger partial charge in [-0.05, 0) is 44.4 Å². The predicted molar refractivity (Wildman–Crippen MR) is 96.6 cm³/mol. The summed E-state index contributed by atoms with van der Waals surface area (Å²) in [5.41, 5.74) is 6.94. The number of rotatable bonds is 5. The van der Waals surface area contributed by atoms with Crippen molar-refractivity contribution < 1.29 is 28.8 Å². The van der Waals surface area contributed by atoms with Gasteiger partial charge < -0.3 is 28.8 Å². The summed E-state index contributed by atoms with van der Waals surface area (Å²) in [4.78, 5) is 2.77. The Bertz CT molecular complexity index is 599. The van der Waals surface area contributed by atoms with E-state index in [1.54, 1.807) is 13.8 Å². The summed E-state index contributed by atoms with van der Waals surface area (Å²) in [5.74, 6) is -2.65. The first-order chi connectivity index (χ1) is 11.5. The zero-order chi connectivity index (χ0) is 20.2. The summed E-state index contributed by atoms with van der Waals surface area (Å²) in [6.07, 6.45) is -2.76. The predicted octanol–water partition coefficient (Wildman–Crippen LogP) is 2.63. The highest BCUT2D eigenvalue weighted by atomic mass is 28.4. The van der Waals surface area contributed by atoms with Gasteiger partial charge in [0.05, 0.1) is 6.61 Å². The molecular formula is C16H31N3O6Si. The van der Waals surface area contributed by atoms with Crippen molar-refractivity contribution in [3.8, 4) is 0 Å². The second kappa shape index (κ2) is 6.42. The molecule has 2 N–H and O–H groups in total. The van der Waals surface area contributed by atoms with Gasteiger partial charge in [0.2, 0.25) is 0 Å². The number of azide groups is 1. The van der Waals surface area contributed by atoms with E-state index in [1.807, 2.05) is 13.1 Å². The van der Waals surface area contributed by atoms with E-state index in [2.05, 4.69) is 30.8 Å². The molecule has 0 spiro atoms. The van der Waals surface area contributed by atoms with Crippen molar-refractivity contribution >= 4 is 8.32 Å². The third kappa shape index (κ3) is 3.92. The molecule has 0 amide bonds. The summed E-state index contributed by atoms with van der Waals surface area (Å²) in [6.45, 7) is 14.8. The summed E-state index contributed by atoms with van der Waals surface area (Å²) in [5, 5.41) is 25.1. The Labute approximate surface area is 155 Å². The molecule has 0 aromatic carbocycles. The van der Waals surface area contributed by atoms with Crippen LogP contribution in [0.2, 0.25) is 18.1 Å². The minimum absolute atomic E-state index is 0.0935. The minimum atomic E-state index is -2.23. The van der Waals surface area contributed by atoms with Crippen molar-refractivity contribution in [2.24, 2.45) is 5.11 Å². The highest BCUT2D eigenvalue weighted by Crippen LogP contribution is 2.46. The average Bonchev–Trinajstić information content (AvgIpc) is 2.89. The van der Waals surface area contributed by atoms with Crippen LogP contribution in [0.4, 0.5) is 0 Å². The monoisotopic (exact) mass is 389 g/mol.